The molecule has 0 aromatic carbocycles. The topological polar surface area (TPSA) is 175 Å². The van der Waals surface area contributed by atoms with Gasteiger partial charge in [-0.25, -0.2) is 4.79 Å². The molecule has 6 unspecified atom stereocenters. The molecule has 0 aliphatic carbocycles. The van der Waals surface area contributed by atoms with Crippen LogP contribution in [0.3, 0.4) is 0 Å². The second kappa shape index (κ2) is 54.9. The molecule has 0 aromatic rings. The van der Waals surface area contributed by atoms with Crippen LogP contribution < -0.4 is 0 Å². The number of allylic oxidation sites excluding steroid dienone is 25. The largest absolute Gasteiger partial charge is 0.479 e. The standard InChI is InChI=1S/C69H104O12/c1-4-7-10-13-16-19-22-25-28-30-31-33-36-39-42-45-48-51-54-57-63(72)80-67-65(74)64(73)66(68(75)76)81-69(67)78-59-60(79-62(71)56-53-50-47-44-41-38-34-27-24-21-18-15-12-9-6-3)58-77-61(70)55-52-49-46-43-40-37-35-32-29-26-23-20-17-14-11-8-5-2/h8-9,11-12,16-21,25-29,31,33-35,37,41,43-44,46,50,53,60,64-67,69,73-74H,4-7,10,13-15,22-24,30,32,36,38-40,42,45,47-49,51-52,54-59H2,1-3H3,(H,75,76)/b11-8-,12-9-,19-16-,20-17-,21-18-,28-25-,29-26-,33-31-,34-27-,37-35-,44-41-,46-43-,53-50-. The highest BCUT2D eigenvalue weighted by atomic mass is 16.7. The fraction of sp³-hybridized carbons (Fsp3) is 0.565. The van der Waals surface area contributed by atoms with E-state index in [0.29, 0.717) is 25.7 Å². The van der Waals surface area contributed by atoms with Gasteiger partial charge >= 0.3 is 23.9 Å². The Kier molecular flexibility index (Phi) is 49.7. The van der Waals surface area contributed by atoms with E-state index in [1.807, 2.05) is 30.4 Å². The van der Waals surface area contributed by atoms with E-state index in [0.717, 1.165) is 116 Å². The van der Waals surface area contributed by atoms with E-state index in [1.54, 1.807) is 6.08 Å². The van der Waals surface area contributed by atoms with Crippen molar-refractivity contribution in [3.8, 4) is 0 Å². The number of aliphatic hydroxyl groups excluding tert-OH is 2. The molecule has 452 valence electrons. The number of ether oxygens (including phenoxy) is 5. The molecule has 81 heavy (non-hydrogen) atoms. The Morgan fingerprint density at radius 3 is 1.28 bits per heavy atom. The summed E-state index contributed by atoms with van der Waals surface area (Å²) in [6, 6.07) is 0. The maximum Gasteiger partial charge on any atom is 0.335 e. The smallest absolute Gasteiger partial charge is 0.335 e. The average molecular weight is 1130 g/mol. The van der Waals surface area contributed by atoms with Gasteiger partial charge in [-0.3, -0.25) is 14.4 Å². The predicted octanol–water partition coefficient (Wildman–Crippen LogP) is 16.1. The van der Waals surface area contributed by atoms with Gasteiger partial charge in [0.05, 0.1) is 13.0 Å². The molecule has 0 amide bonds. The maximum atomic E-state index is 13.1. The molecule has 0 spiro atoms. The van der Waals surface area contributed by atoms with Crippen molar-refractivity contribution in [2.45, 2.75) is 237 Å². The minimum absolute atomic E-state index is 0.0202. The Morgan fingerprint density at radius 1 is 0.432 bits per heavy atom. The molecular formula is C69H104O12. The molecule has 1 fully saturated rings. The highest BCUT2D eigenvalue weighted by Crippen LogP contribution is 2.26. The third kappa shape index (κ3) is 44.7. The fourth-order valence-corrected chi connectivity index (χ4v) is 8.01. The summed E-state index contributed by atoms with van der Waals surface area (Å²) in [5.74, 6) is -3.41. The van der Waals surface area contributed by atoms with Gasteiger partial charge in [0.1, 0.15) is 18.8 Å². The molecule has 0 radical (unpaired) electrons. The monoisotopic (exact) mass is 1120 g/mol. The van der Waals surface area contributed by atoms with Gasteiger partial charge in [-0.2, -0.15) is 0 Å². The minimum Gasteiger partial charge on any atom is -0.479 e. The molecule has 1 rings (SSSR count). The number of hydrogen-bond donors (Lipinski definition) is 3. The van der Waals surface area contributed by atoms with E-state index >= 15 is 0 Å². The van der Waals surface area contributed by atoms with E-state index in [2.05, 4.69) is 142 Å². The number of carboxylic acids is 1. The van der Waals surface area contributed by atoms with Gasteiger partial charge in [-0.15, -0.1) is 0 Å². The molecule has 6 atom stereocenters. The number of unbranched alkanes of at least 4 members (excludes halogenated alkanes) is 10. The van der Waals surface area contributed by atoms with E-state index in [1.165, 1.54) is 19.3 Å². The van der Waals surface area contributed by atoms with Crippen LogP contribution in [0, 0.1) is 0 Å². The molecule has 0 bridgehead atoms. The first-order valence-corrected chi connectivity index (χ1v) is 30.5. The van der Waals surface area contributed by atoms with Crippen LogP contribution in [0.2, 0.25) is 0 Å². The van der Waals surface area contributed by atoms with Crippen LogP contribution in [0.4, 0.5) is 0 Å². The number of hydrogen-bond acceptors (Lipinski definition) is 11. The Labute approximate surface area is 488 Å². The van der Waals surface area contributed by atoms with Crippen molar-refractivity contribution in [2.24, 2.45) is 0 Å². The minimum atomic E-state index is -1.94. The van der Waals surface area contributed by atoms with Crippen LogP contribution in [0.5, 0.6) is 0 Å². The van der Waals surface area contributed by atoms with Gasteiger partial charge in [0, 0.05) is 12.8 Å². The lowest BCUT2D eigenvalue weighted by atomic mass is 9.98. The van der Waals surface area contributed by atoms with Crippen LogP contribution in [0.15, 0.2) is 158 Å². The summed E-state index contributed by atoms with van der Waals surface area (Å²) >= 11 is 0. The number of rotatable bonds is 49. The van der Waals surface area contributed by atoms with Gasteiger partial charge in [-0.05, 0) is 122 Å². The van der Waals surface area contributed by atoms with Crippen molar-refractivity contribution in [1.29, 1.82) is 0 Å². The Morgan fingerprint density at radius 2 is 0.827 bits per heavy atom. The summed E-state index contributed by atoms with van der Waals surface area (Å²) in [6.45, 7) is 5.58. The Bertz CT molecular complexity index is 2010. The number of carboxylic acid groups (broad SMARTS) is 1. The van der Waals surface area contributed by atoms with E-state index in [-0.39, 0.29) is 19.3 Å². The molecule has 1 aliphatic heterocycles. The zero-order chi connectivity index (χ0) is 58.9. The van der Waals surface area contributed by atoms with Crippen molar-refractivity contribution >= 4 is 23.9 Å². The lowest BCUT2D eigenvalue weighted by Gasteiger charge is -2.40. The highest BCUT2D eigenvalue weighted by molar-refractivity contribution is 5.74. The molecule has 12 heteroatoms. The second-order valence-corrected chi connectivity index (χ2v) is 19.9. The molecule has 0 saturated carbocycles. The number of carbonyl (C=O) groups excluding carboxylic acids is 3. The zero-order valence-electron chi connectivity index (χ0n) is 49.7. The SMILES string of the molecule is CC/C=C\C/C=C\C/C=C\C/C=C\C/C=C\CCCC(=O)OCC(COC1OC(C(=O)O)C(O)C(O)C1OC(=O)CCCCCCCC/C=C\C/C=C\C/C=C\CCCCC)OC(=O)C/C=C\C/C=C\C/C=C\C/C=C\C/C=C\CC. The average Bonchev–Trinajstić information content (AvgIpc) is 3.53. The first kappa shape index (κ1) is 73.4. The molecule has 0 aromatic heterocycles. The van der Waals surface area contributed by atoms with Crippen LogP contribution in [0.1, 0.15) is 201 Å². The summed E-state index contributed by atoms with van der Waals surface area (Å²) in [5, 5.41) is 31.5. The summed E-state index contributed by atoms with van der Waals surface area (Å²) in [7, 11) is 0. The van der Waals surface area contributed by atoms with Crippen molar-refractivity contribution in [1.82, 2.24) is 0 Å². The van der Waals surface area contributed by atoms with Crippen molar-refractivity contribution in [2.75, 3.05) is 13.2 Å². The molecule has 3 N–H and O–H groups in total. The fourth-order valence-electron chi connectivity index (χ4n) is 8.01. The van der Waals surface area contributed by atoms with Crippen molar-refractivity contribution in [3.05, 3.63) is 158 Å². The van der Waals surface area contributed by atoms with Crippen LogP contribution in [-0.2, 0) is 42.9 Å². The molecule has 1 heterocycles. The van der Waals surface area contributed by atoms with Crippen LogP contribution >= 0.6 is 0 Å². The van der Waals surface area contributed by atoms with Crippen molar-refractivity contribution < 1.29 is 58.2 Å². The van der Waals surface area contributed by atoms with Crippen LogP contribution in [-0.4, -0.2) is 89.2 Å². The molecular weight excluding hydrogens is 1020 g/mol. The van der Waals surface area contributed by atoms with Gasteiger partial charge < -0.3 is 39.0 Å². The molecule has 1 aliphatic rings. The molecule has 12 nitrogen and oxygen atoms in total. The third-order valence-corrected chi connectivity index (χ3v) is 12.6. The van der Waals surface area contributed by atoms with Gasteiger partial charge in [0.25, 0.3) is 0 Å². The van der Waals surface area contributed by atoms with E-state index in [9.17, 15) is 34.5 Å². The Balaban J connectivity index is 2.78. The van der Waals surface area contributed by atoms with E-state index in [4.69, 9.17) is 23.7 Å². The number of esters is 3. The third-order valence-electron chi connectivity index (χ3n) is 12.6. The molecule has 1 saturated heterocycles. The summed E-state index contributed by atoms with van der Waals surface area (Å²) in [5.41, 5.74) is 0. The van der Waals surface area contributed by atoms with Crippen LogP contribution in [0.25, 0.3) is 0 Å². The normalized spacial score (nSPS) is 18.9. The Hall–Kier alpha value is -5.66. The van der Waals surface area contributed by atoms with Gasteiger partial charge in [0.2, 0.25) is 0 Å². The van der Waals surface area contributed by atoms with Gasteiger partial charge in [0.15, 0.2) is 24.6 Å². The maximum absolute atomic E-state index is 13.1. The first-order valence-electron chi connectivity index (χ1n) is 30.5. The number of aliphatic carboxylic acids is 1. The summed E-state index contributed by atoms with van der Waals surface area (Å²) in [4.78, 5) is 51.1. The summed E-state index contributed by atoms with van der Waals surface area (Å²) < 4.78 is 28.2. The zero-order valence-corrected chi connectivity index (χ0v) is 49.7. The lowest BCUT2D eigenvalue weighted by Crippen LogP contribution is -2.61. The highest BCUT2D eigenvalue weighted by Gasteiger charge is 2.50. The number of aliphatic hydroxyl groups is 2. The predicted molar refractivity (Wildman–Crippen MR) is 330 cm³/mol. The second-order valence-electron chi connectivity index (χ2n) is 19.9. The van der Waals surface area contributed by atoms with Gasteiger partial charge in [-0.1, -0.05) is 217 Å². The quantitative estimate of drug-likeness (QED) is 0.0228. The number of carbonyl (C=O) groups is 4. The first-order chi connectivity index (χ1) is 39.6. The summed E-state index contributed by atoms with van der Waals surface area (Å²) in [6.07, 6.45) is 68.1. The van der Waals surface area contributed by atoms with E-state index < -0.39 is 73.9 Å². The lowest BCUT2D eigenvalue weighted by molar-refractivity contribution is -0.301. The van der Waals surface area contributed by atoms with Crippen molar-refractivity contribution in [3.63, 3.8) is 0 Å².